The molecule has 0 aliphatic carbocycles. The summed E-state index contributed by atoms with van der Waals surface area (Å²) in [6.07, 6.45) is 1.57. The SMILES string of the molecule is CCOc1ccccc1/C=N\NC(=O)CSc1nnc(-c2ccccc2)n1-c1ccc(Cl)cc1. The molecule has 172 valence electrons. The van der Waals surface area contributed by atoms with Gasteiger partial charge in [-0.1, -0.05) is 65.8 Å². The molecule has 0 radical (unpaired) electrons. The molecule has 0 aliphatic heterocycles. The van der Waals surface area contributed by atoms with Gasteiger partial charge in [-0.3, -0.25) is 9.36 Å². The second-order valence-corrected chi connectivity index (χ2v) is 8.42. The van der Waals surface area contributed by atoms with Crippen molar-refractivity contribution in [3.8, 4) is 22.8 Å². The van der Waals surface area contributed by atoms with Crippen molar-refractivity contribution in [1.29, 1.82) is 0 Å². The Morgan fingerprint density at radius 1 is 1.06 bits per heavy atom. The molecule has 1 heterocycles. The predicted octanol–water partition coefficient (Wildman–Crippen LogP) is 5.23. The number of nitrogens with one attached hydrogen (secondary N) is 1. The molecule has 0 atom stereocenters. The Morgan fingerprint density at radius 2 is 1.79 bits per heavy atom. The first-order valence-electron chi connectivity index (χ1n) is 10.6. The van der Waals surface area contributed by atoms with Gasteiger partial charge in [0, 0.05) is 21.8 Å². The largest absolute Gasteiger partial charge is 0.493 e. The number of hydrazone groups is 1. The minimum atomic E-state index is -0.262. The van der Waals surface area contributed by atoms with Crippen molar-refractivity contribution in [3.63, 3.8) is 0 Å². The van der Waals surface area contributed by atoms with E-state index in [2.05, 4.69) is 20.7 Å². The van der Waals surface area contributed by atoms with E-state index >= 15 is 0 Å². The molecular weight excluding hydrogens is 470 g/mol. The third-order valence-corrected chi connectivity index (χ3v) is 5.88. The molecular formula is C25H22ClN5O2S. The van der Waals surface area contributed by atoms with Crippen molar-refractivity contribution in [2.45, 2.75) is 12.1 Å². The van der Waals surface area contributed by atoms with E-state index in [9.17, 15) is 4.79 Å². The van der Waals surface area contributed by atoms with Gasteiger partial charge in [0.25, 0.3) is 5.91 Å². The maximum absolute atomic E-state index is 12.4. The molecule has 7 nitrogen and oxygen atoms in total. The number of carbonyl (C=O) groups excluding carboxylic acids is 1. The van der Waals surface area contributed by atoms with E-state index in [0.29, 0.717) is 28.4 Å². The summed E-state index contributed by atoms with van der Waals surface area (Å²) in [6.45, 7) is 2.46. The Kier molecular flexibility index (Phi) is 7.95. The average Bonchev–Trinajstić information content (AvgIpc) is 3.29. The third kappa shape index (κ3) is 5.84. The molecule has 0 saturated heterocycles. The monoisotopic (exact) mass is 491 g/mol. The first-order chi connectivity index (χ1) is 16.7. The van der Waals surface area contributed by atoms with E-state index < -0.39 is 0 Å². The molecule has 1 amide bonds. The molecule has 9 heteroatoms. The van der Waals surface area contributed by atoms with Gasteiger partial charge in [0.1, 0.15) is 5.75 Å². The molecule has 0 bridgehead atoms. The number of halogens is 1. The Morgan fingerprint density at radius 3 is 2.56 bits per heavy atom. The molecule has 0 spiro atoms. The van der Waals surface area contributed by atoms with Crippen LogP contribution in [-0.2, 0) is 4.79 Å². The van der Waals surface area contributed by atoms with Gasteiger partial charge in [-0.25, -0.2) is 5.43 Å². The normalized spacial score (nSPS) is 11.0. The van der Waals surface area contributed by atoms with Gasteiger partial charge in [0.15, 0.2) is 11.0 Å². The van der Waals surface area contributed by atoms with Gasteiger partial charge < -0.3 is 4.74 Å². The summed E-state index contributed by atoms with van der Waals surface area (Å²) >= 11 is 7.35. The molecule has 0 fully saturated rings. The molecule has 0 aliphatic rings. The van der Waals surface area contributed by atoms with Gasteiger partial charge in [-0.2, -0.15) is 5.10 Å². The van der Waals surface area contributed by atoms with Gasteiger partial charge in [-0.15, -0.1) is 10.2 Å². The lowest BCUT2D eigenvalue weighted by Crippen LogP contribution is -2.20. The van der Waals surface area contributed by atoms with Crippen LogP contribution in [0.1, 0.15) is 12.5 Å². The van der Waals surface area contributed by atoms with Crippen LogP contribution in [0.5, 0.6) is 5.75 Å². The van der Waals surface area contributed by atoms with Crippen LogP contribution in [0.2, 0.25) is 5.02 Å². The molecule has 4 aromatic rings. The number of carbonyl (C=O) groups is 1. The van der Waals surface area contributed by atoms with Gasteiger partial charge >= 0.3 is 0 Å². The number of aromatic nitrogens is 3. The summed E-state index contributed by atoms with van der Waals surface area (Å²) in [5.74, 6) is 1.24. The number of ether oxygens (including phenoxy) is 1. The van der Waals surface area contributed by atoms with Crippen LogP contribution in [0.3, 0.4) is 0 Å². The van der Waals surface area contributed by atoms with Crippen molar-refractivity contribution in [2.24, 2.45) is 5.10 Å². The molecule has 0 unspecified atom stereocenters. The van der Waals surface area contributed by atoms with E-state index in [4.69, 9.17) is 16.3 Å². The fraction of sp³-hybridized carbons (Fsp3) is 0.120. The highest BCUT2D eigenvalue weighted by atomic mass is 35.5. The number of nitrogens with zero attached hydrogens (tertiary/aromatic N) is 4. The van der Waals surface area contributed by atoms with Gasteiger partial charge in [0.2, 0.25) is 0 Å². The zero-order chi connectivity index (χ0) is 23.8. The molecule has 1 aromatic heterocycles. The van der Waals surface area contributed by atoms with Crippen LogP contribution in [0.15, 0.2) is 89.1 Å². The van der Waals surface area contributed by atoms with Crippen molar-refractivity contribution in [1.82, 2.24) is 20.2 Å². The lowest BCUT2D eigenvalue weighted by Gasteiger charge is -2.10. The lowest BCUT2D eigenvalue weighted by molar-refractivity contribution is -0.118. The average molecular weight is 492 g/mol. The van der Waals surface area contributed by atoms with E-state index in [1.54, 1.807) is 6.21 Å². The van der Waals surface area contributed by atoms with Crippen LogP contribution in [-0.4, -0.2) is 39.2 Å². The van der Waals surface area contributed by atoms with E-state index in [-0.39, 0.29) is 11.7 Å². The Bertz CT molecular complexity index is 1280. The number of hydrogen-bond donors (Lipinski definition) is 1. The van der Waals surface area contributed by atoms with Crippen molar-refractivity contribution < 1.29 is 9.53 Å². The number of hydrogen-bond acceptors (Lipinski definition) is 6. The number of para-hydroxylation sites is 1. The fourth-order valence-electron chi connectivity index (χ4n) is 3.17. The Balaban J connectivity index is 1.48. The van der Waals surface area contributed by atoms with Crippen molar-refractivity contribution in [2.75, 3.05) is 12.4 Å². The van der Waals surface area contributed by atoms with Gasteiger partial charge in [0.05, 0.1) is 18.6 Å². The van der Waals surface area contributed by atoms with Crippen LogP contribution < -0.4 is 10.2 Å². The summed E-state index contributed by atoms with van der Waals surface area (Å²) in [5.41, 5.74) is 5.10. The molecule has 0 saturated carbocycles. The fourth-order valence-corrected chi connectivity index (χ4v) is 4.04. The number of benzene rings is 3. The number of amides is 1. The molecule has 3 aromatic carbocycles. The third-order valence-electron chi connectivity index (χ3n) is 4.69. The predicted molar refractivity (Wildman–Crippen MR) is 136 cm³/mol. The zero-order valence-corrected chi connectivity index (χ0v) is 20.0. The molecule has 4 rings (SSSR count). The maximum Gasteiger partial charge on any atom is 0.250 e. The standard InChI is InChI=1S/C25H22ClN5O2S/c1-2-33-22-11-7-6-10-19(22)16-27-28-23(32)17-34-25-30-29-24(18-8-4-3-5-9-18)31(25)21-14-12-20(26)13-15-21/h3-16H,2,17H2,1H3,(H,28,32)/b27-16-. The summed E-state index contributed by atoms with van der Waals surface area (Å²) in [7, 11) is 0. The number of rotatable bonds is 9. The van der Waals surface area contributed by atoms with Crippen molar-refractivity contribution >= 4 is 35.5 Å². The minimum Gasteiger partial charge on any atom is -0.493 e. The minimum absolute atomic E-state index is 0.116. The number of thioether (sulfide) groups is 1. The summed E-state index contributed by atoms with van der Waals surface area (Å²) in [6, 6.07) is 24.7. The summed E-state index contributed by atoms with van der Waals surface area (Å²) < 4.78 is 7.47. The zero-order valence-electron chi connectivity index (χ0n) is 18.4. The first-order valence-corrected chi connectivity index (χ1v) is 12.0. The summed E-state index contributed by atoms with van der Waals surface area (Å²) in [5, 5.41) is 14.0. The molecule has 1 N–H and O–H groups in total. The van der Waals surface area contributed by atoms with Crippen molar-refractivity contribution in [3.05, 3.63) is 89.4 Å². The topological polar surface area (TPSA) is 81.4 Å². The van der Waals surface area contributed by atoms with Crippen LogP contribution in [0.25, 0.3) is 17.1 Å². The van der Waals surface area contributed by atoms with E-state index in [0.717, 1.165) is 16.8 Å². The second kappa shape index (κ2) is 11.5. The smallest absolute Gasteiger partial charge is 0.250 e. The van der Waals surface area contributed by atoms with Crippen LogP contribution in [0.4, 0.5) is 0 Å². The second-order valence-electron chi connectivity index (χ2n) is 7.04. The lowest BCUT2D eigenvalue weighted by atomic mass is 10.2. The van der Waals surface area contributed by atoms with Crippen LogP contribution >= 0.6 is 23.4 Å². The molecule has 34 heavy (non-hydrogen) atoms. The first kappa shape index (κ1) is 23.5. The van der Waals surface area contributed by atoms with E-state index in [1.165, 1.54) is 11.8 Å². The Hall–Kier alpha value is -3.62. The quantitative estimate of drug-likeness (QED) is 0.197. The van der Waals surface area contributed by atoms with Crippen LogP contribution in [0, 0.1) is 0 Å². The highest BCUT2D eigenvalue weighted by molar-refractivity contribution is 7.99. The Labute approximate surface area is 206 Å². The highest BCUT2D eigenvalue weighted by Gasteiger charge is 2.17. The highest BCUT2D eigenvalue weighted by Crippen LogP contribution is 2.28. The maximum atomic E-state index is 12.4. The summed E-state index contributed by atoms with van der Waals surface area (Å²) in [4.78, 5) is 12.4. The van der Waals surface area contributed by atoms with E-state index in [1.807, 2.05) is 90.4 Å². The van der Waals surface area contributed by atoms with Gasteiger partial charge in [-0.05, 0) is 43.3 Å².